The number of hydrogen-bond acceptors (Lipinski definition) is 10. The van der Waals surface area contributed by atoms with Gasteiger partial charge >= 0.3 is 0 Å². The number of fused-ring (bicyclic) bond motifs is 4. The molecular formula is C49H52FN11O3. The quantitative estimate of drug-likeness (QED) is 0.0918. The molecule has 0 saturated carbocycles. The molecule has 0 spiro atoms. The summed E-state index contributed by atoms with van der Waals surface area (Å²) < 4.78 is 22.7. The Balaban J connectivity index is 0.824. The van der Waals surface area contributed by atoms with Crippen LogP contribution in [0.5, 0.6) is 0 Å². The highest BCUT2D eigenvalue weighted by Crippen LogP contribution is 2.37. The molecule has 1 aliphatic heterocycles. The van der Waals surface area contributed by atoms with E-state index in [1.165, 1.54) is 29.0 Å². The second-order valence-corrected chi connectivity index (χ2v) is 16.9. The van der Waals surface area contributed by atoms with E-state index in [4.69, 9.17) is 9.72 Å². The Morgan fingerprint density at radius 3 is 2.67 bits per heavy atom. The van der Waals surface area contributed by atoms with E-state index in [1.807, 2.05) is 51.2 Å². The van der Waals surface area contributed by atoms with Gasteiger partial charge in [-0.25, -0.2) is 24.3 Å². The monoisotopic (exact) mass is 861 g/mol. The normalized spacial score (nSPS) is 14.7. The molecule has 1 atom stereocenters. The summed E-state index contributed by atoms with van der Waals surface area (Å²) in [5, 5.41) is 11.0. The fourth-order valence-electron chi connectivity index (χ4n) is 9.05. The van der Waals surface area contributed by atoms with Gasteiger partial charge in [-0.2, -0.15) is 5.10 Å². The van der Waals surface area contributed by atoms with Crippen molar-refractivity contribution >= 4 is 34.4 Å². The lowest BCUT2D eigenvalue weighted by Gasteiger charge is -2.36. The molecule has 2 aromatic carbocycles. The lowest BCUT2D eigenvalue weighted by Crippen LogP contribution is -2.45. The summed E-state index contributed by atoms with van der Waals surface area (Å²) in [6.07, 6.45) is 11.8. The molecule has 0 radical (unpaired) electrons. The van der Waals surface area contributed by atoms with Gasteiger partial charge in [0.25, 0.3) is 0 Å². The first kappa shape index (κ1) is 42.4. The summed E-state index contributed by atoms with van der Waals surface area (Å²) in [6.45, 7) is 8.46. The molecule has 1 unspecified atom stereocenters. The number of aromatic amines is 1. The standard InChI is InChI=1S/C49H52FN11O3/c1-31(2)49(63)59(37-13-17-44-40(25-37)39-24-34(35-10-8-18-51-26-35)12-16-43(39)61(44)29-33-9-7-11-36(50)23-33)19-5-4-6-21-64-22-20-60-45(62)28-53-47-48(60)57-42(27-52-47)38-14-15-41(56-32(38)3)46-54-30-55-58-46/h7-12,14-16,18,23-24,26-27,30-31,37H,4-6,13,17,19-22,25,28-29H2,1-3H3,(H,52,53)(H,54,55,58). The fourth-order valence-corrected chi connectivity index (χ4v) is 9.05. The molecule has 9 rings (SSSR count). The molecule has 0 saturated heterocycles. The molecule has 0 bridgehead atoms. The maximum Gasteiger partial charge on any atom is 0.247 e. The Morgan fingerprint density at radius 2 is 1.88 bits per heavy atom. The third-order valence-corrected chi connectivity index (χ3v) is 12.3. The van der Waals surface area contributed by atoms with Crippen molar-refractivity contribution in [2.75, 3.05) is 43.1 Å². The summed E-state index contributed by atoms with van der Waals surface area (Å²) >= 11 is 0. The molecule has 328 valence electrons. The SMILES string of the molecule is Cc1nc(-c2ncn[nH]2)ccc1-c1cnc2c(n1)N(CCOCCCCCN(C(=O)C(C)C)C1CCc3c(c4cc(-c5cccnc5)ccc4n3Cc3cccc(F)c3)C1)C(=O)CN2. The number of carbonyl (C=O) groups is 2. The molecule has 1 aliphatic carbocycles. The second-order valence-electron chi connectivity index (χ2n) is 16.9. The first-order valence-electron chi connectivity index (χ1n) is 22.1. The van der Waals surface area contributed by atoms with Gasteiger partial charge in [-0.15, -0.1) is 0 Å². The number of nitrogens with zero attached hydrogens (tertiary/aromatic N) is 9. The van der Waals surface area contributed by atoms with Crippen LogP contribution in [0.4, 0.5) is 16.0 Å². The minimum atomic E-state index is -0.240. The van der Waals surface area contributed by atoms with Crippen LogP contribution in [0.15, 0.2) is 91.6 Å². The van der Waals surface area contributed by atoms with Crippen LogP contribution in [-0.2, 0) is 33.7 Å². The zero-order chi connectivity index (χ0) is 44.2. The maximum atomic E-state index is 14.3. The number of carbonyl (C=O) groups excluding carboxylic acids is 2. The number of ether oxygens (including phenoxy) is 1. The van der Waals surface area contributed by atoms with E-state index >= 15 is 0 Å². The van der Waals surface area contributed by atoms with Gasteiger partial charge in [0.1, 0.15) is 17.8 Å². The molecule has 2 aliphatic rings. The number of aromatic nitrogens is 8. The van der Waals surface area contributed by atoms with E-state index in [0.717, 1.165) is 72.0 Å². The summed E-state index contributed by atoms with van der Waals surface area (Å²) in [5.74, 6) is 1.29. The number of rotatable bonds is 16. The van der Waals surface area contributed by atoms with Crippen molar-refractivity contribution in [3.63, 3.8) is 0 Å². The number of nitrogens with one attached hydrogen (secondary N) is 2. The number of hydrogen-bond donors (Lipinski definition) is 2. The van der Waals surface area contributed by atoms with E-state index in [9.17, 15) is 14.0 Å². The van der Waals surface area contributed by atoms with E-state index < -0.39 is 0 Å². The van der Waals surface area contributed by atoms with E-state index in [2.05, 4.69) is 69.2 Å². The van der Waals surface area contributed by atoms with Gasteiger partial charge < -0.3 is 19.5 Å². The van der Waals surface area contributed by atoms with Crippen LogP contribution >= 0.6 is 0 Å². The largest absolute Gasteiger partial charge is 0.380 e. The third kappa shape index (κ3) is 8.98. The summed E-state index contributed by atoms with van der Waals surface area (Å²) in [7, 11) is 0. The van der Waals surface area contributed by atoms with Crippen molar-refractivity contribution in [2.24, 2.45) is 5.92 Å². The van der Waals surface area contributed by atoms with Crippen LogP contribution in [-0.4, -0.2) is 95.3 Å². The molecule has 64 heavy (non-hydrogen) atoms. The van der Waals surface area contributed by atoms with Crippen molar-refractivity contribution in [1.82, 2.24) is 44.6 Å². The molecule has 7 aromatic rings. The lowest BCUT2D eigenvalue weighted by atomic mass is 9.89. The van der Waals surface area contributed by atoms with Crippen LogP contribution in [0.3, 0.4) is 0 Å². The number of unbranched alkanes of at least 4 members (excludes halogenated alkanes) is 2. The minimum Gasteiger partial charge on any atom is -0.380 e. The van der Waals surface area contributed by atoms with Crippen molar-refractivity contribution in [1.29, 1.82) is 0 Å². The van der Waals surface area contributed by atoms with Crippen molar-refractivity contribution in [3.8, 4) is 33.9 Å². The lowest BCUT2D eigenvalue weighted by molar-refractivity contribution is -0.137. The van der Waals surface area contributed by atoms with E-state index in [1.54, 1.807) is 29.4 Å². The van der Waals surface area contributed by atoms with Gasteiger partial charge in [0, 0.05) is 77.5 Å². The first-order chi connectivity index (χ1) is 31.2. The summed E-state index contributed by atoms with van der Waals surface area (Å²) in [6, 6.07) is 21.3. The average Bonchev–Trinajstić information content (AvgIpc) is 3.96. The van der Waals surface area contributed by atoms with Gasteiger partial charge in [-0.1, -0.05) is 38.1 Å². The molecular weight excluding hydrogens is 810 g/mol. The van der Waals surface area contributed by atoms with Crippen LogP contribution in [0.1, 0.15) is 62.0 Å². The Hall–Kier alpha value is -6.87. The zero-order valence-corrected chi connectivity index (χ0v) is 36.4. The summed E-state index contributed by atoms with van der Waals surface area (Å²) in [4.78, 5) is 53.4. The minimum absolute atomic E-state index is 0.0656. The van der Waals surface area contributed by atoms with Crippen molar-refractivity contribution in [3.05, 3.63) is 120 Å². The topological polar surface area (TPSA) is 160 Å². The highest BCUT2D eigenvalue weighted by molar-refractivity contribution is 6.01. The smallest absolute Gasteiger partial charge is 0.247 e. The Morgan fingerprint density at radius 1 is 0.969 bits per heavy atom. The number of H-pyrrole nitrogens is 1. The van der Waals surface area contributed by atoms with E-state index in [0.29, 0.717) is 61.7 Å². The Kier molecular flexibility index (Phi) is 12.5. The van der Waals surface area contributed by atoms with Crippen LogP contribution < -0.4 is 10.2 Å². The maximum absolute atomic E-state index is 14.3. The second kappa shape index (κ2) is 18.9. The number of pyridine rings is 2. The van der Waals surface area contributed by atoms with Crippen molar-refractivity contribution < 1.29 is 18.7 Å². The number of aryl methyl sites for hydroxylation is 1. The van der Waals surface area contributed by atoms with Gasteiger partial charge in [-0.3, -0.25) is 24.6 Å². The molecule has 14 nitrogen and oxygen atoms in total. The van der Waals surface area contributed by atoms with Crippen molar-refractivity contribution in [2.45, 2.75) is 71.9 Å². The predicted octanol–water partition coefficient (Wildman–Crippen LogP) is 7.82. The van der Waals surface area contributed by atoms with Gasteiger partial charge in [0.05, 0.1) is 31.6 Å². The van der Waals surface area contributed by atoms with Crippen LogP contribution in [0.25, 0.3) is 44.8 Å². The molecule has 6 heterocycles. The fraction of sp³-hybridized carbons (Fsp3) is 0.347. The van der Waals surface area contributed by atoms with E-state index in [-0.39, 0.29) is 36.1 Å². The average molecular weight is 862 g/mol. The molecule has 15 heteroatoms. The Labute approximate surface area is 371 Å². The molecule has 2 N–H and O–H groups in total. The van der Waals surface area contributed by atoms with Gasteiger partial charge in [0.2, 0.25) is 11.8 Å². The highest BCUT2D eigenvalue weighted by atomic mass is 19.1. The third-order valence-electron chi connectivity index (χ3n) is 12.3. The number of benzene rings is 2. The number of anilines is 2. The summed E-state index contributed by atoms with van der Waals surface area (Å²) in [5.41, 5.74) is 9.52. The van der Waals surface area contributed by atoms with Gasteiger partial charge in [0.15, 0.2) is 17.5 Å². The first-order valence-corrected chi connectivity index (χ1v) is 22.1. The Bertz CT molecular complexity index is 2770. The highest BCUT2D eigenvalue weighted by Gasteiger charge is 2.32. The molecule has 0 fully saturated rings. The van der Waals surface area contributed by atoms with Crippen LogP contribution in [0, 0.1) is 18.7 Å². The number of amides is 2. The molecule has 2 amide bonds. The molecule has 5 aromatic heterocycles. The predicted molar refractivity (Wildman–Crippen MR) is 244 cm³/mol. The van der Waals surface area contributed by atoms with Gasteiger partial charge in [-0.05, 0) is 105 Å². The van der Waals surface area contributed by atoms with Crippen LogP contribution in [0.2, 0.25) is 0 Å². The zero-order valence-electron chi connectivity index (χ0n) is 36.4. The number of halogens is 1.